The van der Waals surface area contributed by atoms with Crippen molar-refractivity contribution in [2.75, 3.05) is 59.5 Å². The Labute approximate surface area is 185 Å². The topological polar surface area (TPSA) is 107 Å². The van der Waals surface area contributed by atoms with Gasteiger partial charge in [0.2, 0.25) is 0 Å². The highest BCUT2D eigenvalue weighted by atomic mass is 32.2. The molecule has 0 aliphatic heterocycles. The van der Waals surface area contributed by atoms with Crippen LogP contribution < -0.4 is 0 Å². The van der Waals surface area contributed by atoms with E-state index in [-0.39, 0.29) is 30.5 Å². The highest BCUT2D eigenvalue weighted by Gasteiger charge is 2.15. The molecule has 0 N–H and O–H groups in total. The minimum Gasteiger partial charge on any atom is -0.460 e. The zero-order valence-corrected chi connectivity index (χ0v) is 19.4. The van der Waals surface area contributed by atoms with E-state index in [1.165, 1.54) is 12.1 Å². The van der Waals surface area contributed by atoms with Crippen LogP contribution in [-0.4, -0.2) is 79.5 Å². The number of esters is 1. The molecule has 31 heavy (non-hydrogen) atoms. The van der Waals surface area contributed by atoms with Gasteiger partial charge in [-0.3, -0.25) is 8.98 Å². The average Bonchev–Trinajstić information content (AvgIpc) is 2.70. The van der Waals surface area contributed by atoms with Crippen LogP contribution in [0.25, 0.3) is 0 Å². The van der Waals surface area contributed by atoms with E-state index >= 15 is 0 Å². The summed E-state index contributed by atoms with van der Waals surface area (Å²) in [6, 6.07) is 7.95. The number of rotatable bonds is 17. The summed E-state index contributed by atoms with van der Waals surface area (Å²) in [6.07, 6.45) is 0.212. The molecule has 0 radical (unpaired) electrons. The zero-order chi connectivity index (χ0) is 23.0. The fourth-order valence-electron chi connectivity index (χ4n) is 2.17. The van der Waals surface area contributed by atoms with Gasteiger partial charge in [-0.15, -0.1) is 0 Å². The molecule has 0 saturated carbocycles. The second-order valence-electron chi connectivity index (χ2n) is 7.38. The van der Waals surface area contributed by atoms with Gasteiger partial charge in [0.05, 0.1) is 70.8 Å². The molecular weight excluding hydrogens is 428 g/mol. The summed E-state index contributed by atoms with van der Waals surface area (Å²) >= 11 is 0. The smallest absolute Gasteiger partial charge is 0.308 e. The molecule has 0 unspecified atom stereocenters. The largest absolute Gasteiger partial charge is 0.460 e. The van der Waals surface area contributed by atoms with Crippen molar-refractivity contribution in [3.63, 3.8) is 0 Å². The Bertz CT molecular complexity index is 699. The van der Waals surface area contributed by atoms with E-state index in [0.29, 0.717) is 46.2 Å². The van der Waals surface area contributed by atoms with Crippen LogP contribution >= 0.6 is 0 Å². The normalized spacial score (nSPS) is 12.1. The summed E-state index contributed by atoms with van der Waals surface area (Å²) in [5.41, 5.74) is -0.484. The van der Waals surface area contributed by atoms with Gasteiger partial charge in [-0.1, -0.05) is 18.2 Å². The van der Waals surface area contributed by atoms with Gasteiger partial charge >= 0.3 is 5.97 Å². The van der Waals surface area contributed by atoms with Crippen molar-refractivity contribution in [1.29, 1.82) is 0 Å². The summed E-state index contributed by atoms with van der Waals surface area (Å²) in [4.78, 5) is 11.6. The van der Waals surface area contributed by atoms with Gasteiger partial charge in [-0.2, -0.15) is 8.42 Å². The number of benzene rings is 1. The highest BCUT2D eigenvalue weighted by Crippen LogP contribution is 2.11. The Kier molecular flexibility index (Phi) is 13.5. The summed E-state index contributed by atoms with van der Waals surface area (Å²) in [5.74, 6) is -0.284. The van der Waals surface area contributed by atoms with Crippen molar-refractivity contribution >= 4 is 16.1 Å². The molecular formula is C21H34O9S. The summed E-state index contributed by atoms with van der Waals surface area (Å²) in [6.45, 7) is 8.13. The minimum atomic E-state index is -3.75. The Morgan fingerprint density at radius 1 is 0.742 bits per heavy atom. The summed E-state index contributed by atoms with van der Waals surface area (Å²) in [7, 11) is -3.75. The van der Waals surface area contributed by atoms with Crippen LogP contribution in [0.4, 0.5) is 0 Å². The number of carbonyl (C=O) groups is 1. The van der Waals surface area contributed by atoms with Crippen LogP contribution in [0.5, 0.6) is 0 Å². The van der Waals surface area contributed by atoms with E-state index in [0.717, 1.165) is 0 Å². The molecule has 1 rings (SSSR count). The Hall–Kier alpha value is -1.56. The predicted octanol–water partition coefficient (Wildman–Crippen LogP) is 2.19. The Balaban J connectivity index is 1.85. The molecule has 10 heteroatoms. The molecule has 0 atom stereocenters. The molecule has 0 amide bonds. The second-order valence-corrected chi connectivity index (χ2v) is 8.99. The van der Waals surface area contributed by atoms with Crippen molar-refractivity contribution in [3.05, 3.63) is 30.3 Å². The lowest BCUT2D eigenvalue weighted by Gasteiger charge is -2.19. The lowest BCUT2D eigenvalue weighted by Crippen LogP contribution is -2.24. The third kappa shape index (κ3) is 15.0. The first-order valence-corrected chi connectivity index (χ1v) is 11.6. The van der Waals surface area contributed by atoms with Crippen LogP contribution in [0.1, 0.15) is 27.2 Å². The molecule has 0 aliphatic rings. The molecule has 0 aromatic heterocycles. The van der Waals surface area contributed by atoms with Crippen LogP contribution in [0.15, 0.2) is 35.2 Å². The first-order chi connectivity index (χ1) is 14.7. The van der Waals surface area contributed by atoms with Crippen LogP contribution in [0.3, 0.4) is 0 Å². The molecule has 0 saturated heterocycles. The third-order valence-electron chi connectivity index (χ3n) is 3.48. The van der Waals surface area contributed by atoms with Gasteiger partial charge in [0.1, 0.15) is 5.60 Å². The maximum Gasteiger partial charge on any atom is 0.308 e. The zero-order valence-electron chi connectivity index (χ0n) is 18.5. The van der Waals surface area contributed by atoms with Gasteiger partial charge in [-0.05, 0) is 32.9 Å². The van der Waals surface area contributed by atoms with E-state index in [4.69, 9.17) is 27.9 Å². The monoisotopic (exact) mass is 462 g/mol. The molecule has 0 heterocycles. The molecule has 1 aromatic carbocycles. The second kappa shape index (κ2) is 15.3. The quantitative estimate of drug-likeness (QED) is 0.196. The van der Waals surface area contributed by atoms with Crippen molar-refractivity contribution in [2.45, 2.75) is 37.7 Å². The molecule has 0 spiro atoms. The fourth-order valence-corrected chi connectivity index (χ4v) is 3.08. The van der Waals surface area contributed by atoms with Gasteiger partial charge in [-0.25, -0.2) is 0 Å². The van der Waals surface area contributed by atoms with Crippen molar-refractivity contribution < 1.29 is 41.1 Å². The first-order valence-electron chi connectivity index (χ1n) is 10.2. The molecule has 9 nitrogen and oxygen atoms in total. The lowest BCUT2D eigenvalue weighted by molar-refractivity contribution is -0.156. The third-order valence-corrected chi connectivity index (χ3v) is 4.81. The highest BCUT2D eigenvalue weighted by molar-refractivity contribution is 7.86. The predicted molar refractivity (Wildman–Crippen MR) is 113 cm³/mol. The maximum absolute atomic E-state index is 11.9. The van der Waals surface area contributed by atoms with Crippen LogP contribution in [0, 0.1) is 0 Å². The van der Waals surface area contributed by atoms with Gasteiger partial charge in [0, 0.05) is 0 Å². The number of carbonyl (C=O) groups excluding carboxylic acids is 1. The van der Waals surface area contributed by atoms with E-state index in [9.17, 15) is 13.2 Å². The summed E-state index contributed by atoms with van der Waals surface area (Å²) < 4.78 is 55.1. The van der Waals surface area contributed by atoms with Crippen LogP contribution in [-0.2, 0) is 42.8 Å². The maximum atomic E-state index is 11.9. The van der Waals surface area contributed by atoms with E-state index in [1.807, 2.05) is 20.8 Å². The van der Waals surface area contributed by atoms with Crippen molar-refractivity contribution in [1.82, 2.24) is 0 Å². The molecule has 0 bridgehead atoms. The molecule has 1 aromatic rings. The van der Waals surface area contributed by atoms with Crippen molar-refractivity contribution in [3.8, 4) is 0 Å². The standard InChI is InChI=1S/C21H34O9S/c1-21(2,3)30-20(22)9-10-25-11-12-26-13-14-27-15-16-28-17-18-29-31(23,24)19-7-5-4-6-8-19/h4-8H,9-18H2,1-3H3. The SMILES string of the molecule is CC(C)(C)OC(=O)CCOCCOCCOCCOCCOS(=O)(=O)c1ccccc1. The number of ether oxygens (including phenoxy) is 5. The fraction of sp³-hybridized carbons (Fsp3) is 0.667. The van der Waals surface area contributed by atoms with Crippen molar-refractivity contribution in [2.24, 2.45) is 0 Å². The summed E-state index contributed by atoms with van der Waals surface area (Å²) in [5, 5.41) is 0. The van der Waals surface area contributed by atoms with Gasteiger partial charge < -0.3 is 23.7 Å². The molecule has 0 fully saturated rings. The molecule has 0 aliphatic carbocycles. The average molecular weight is 463 g/mol. The number of hydrogen-bond donors (Lipinski definition) is 0. The van der Waals surface area contributed by atoms with Gasteiger partial charge in [0.25, 0.3) is 10.1 Å². The van der Waals surface area contributed by atoms with E-state index in [2.05, 4.69) is 0 Å². The minimum absolute atomic E-state index is 0.0612. The Morgan fingerprint density at radius 3 is 1.68 bits per heavy atom. The van der Waals surface area contributed by atoms with E-state index in [1.54, 1.807) is 18.2 Å². The van der Waals surface area contributed by atoms with E-state index < -0.39 is 15.7 Å². The van der Waals surface area contributed by atoms with Gasteiger partial charge in [0.15, 0.2) is 0 Å². The lowest BCUT2D eigenvalue weighted by atomic mass is 10.2. The van der Waals surface area contributed by atoms with Crippen LogP contribution in [0.2, 0.25) is 0 Å². The number of hydrogen-bond acceptors (Lipinski definition) is 9. The Morgan fingerprint density at radius 2 is 1.19 bits per heavy atom. The molecule has 178 valence electrons. The first kappa shape index (κ1) is 27.5.